The number of nitrogens with one attached hydrogen (secondary N) is 1. The topological polar surface area (TPSA) is 60.1 Å². The molecule has 25 heavy (non-hydrogen) atoms. The Morgan fingerprint density at radius 1 is 1.12 bits per heavy atom. The quantitative estimate of drug-likeness (QED) is 0.608. The van der Waals surface area contributed by atoms with Crippen LogP contribution < -0.4 is 5.32 Å². The molecular formula is C20H17N3O2. The van der Waals surface area contributed by atoms with Crippen LogP contribution in [0.25, 0.3) is 11.1 Å². The number of hydrogen-bond donors (Lipinski definition) is 1. The number of carbonyl (C=O) groups excluding carboxylic acids is 1. The van der Waals surface area contributed by atoms with Gasteiger partial charge < -0.3 is 14.3 Å². The van der Waals surface area contributed by atoms with Crippen LogP contribution in [0.4, 0.5) is 5.82 Å². The minimum absolute atomic E-state index is 0.208. The third-order valence-corrected chi connectivity index (χ3v) is 4.07. The number of amides is 1. The van der Waals surface area contributed by atoms with Crippen molar-refractivity contribution < 1.29 is 9.21 Å². The minimum atomic E-state index is -0.208. The van der Waals surface area contributed by atoms with Crippen molar-refractivity contribution in [3.05, 3.63) is 83.9 Å². The number of furan rings is 1. The highest BCUT2D eigenvalue weighted by Gasteiger charge is 2.18. The Kier molecular flexibility index (Phi) is 3.82. The van der Waals surface area contributed by atoms with Crippen LogP contribution in [0.3, 0.4) is 0 Å². The lowest BCUT2D eigenvalue weighted by molar-refractivity contribution is 0.101. The molecule has 0 radical (unpaired) electrons. The minimum Gasteiger partial charge on any atom is -0.463 e. The third kappa shape index (κ3) is 3.04. The van der Waals surface area contributed by atoms with Gasteiger partial charge in [0.25, 0.3) is 5.91 Å². The molecule has 0 aliphatic carbocycles. The molecule has 0 saturated carbocycles. The van der Waals surface area contributed by atoms with Gasteiger partial charge in [-0.3, -0.25) is 4.79 Å². The van der Waals surface area contributed by atoms with Crippen LogP contribution in [-0.2, 0) is 6.54 Å². The lowest BCUT2D eigenvalue weighted by Crippen LogP contribution is -2.18. The zero-order chi connectivity index (χ0) is 17.2. The first-order valence-electron chi connectivity index (χ1n) is 8.06. The summed E-state index contributed by atoms with van der Waals surface area (Å²) in [5.41, 5.74) is 4.10. The predicted molar refractivity (Wildman–Crippen MR) is 96.7 cm³/mol. The Bertz CT molecular complexity index is 1030. The molecule has 1 aromatic carbocycles. The van der Waals surface area contributed by atoms with Gasteiger partial charge in [-0.15, -0.1) is 0 Å². The van der Waals surface area contributed by atoms with Crippen LogP contribution in [0.15, 0.2) is 71.3 Å². The van der Waals surface area contributed by atoms with Gasteiger partial charge in [-0.2, -0.15) is 0 Å². The number of aryl methyl sites for hydroxylation is 1. The lowest BCUT2D eigenvalue weighted by Gasteiger charge is -2.10. The molecule has 0 aliphatic heterocycles. The Hall–Kier alpha value is -3.34. The molecule has 3 heterocycles. The van der Waals surface area contributed by atoms with Crippen molar-refractivity contribution in [3.8, 4) is 0 Å². The summed E-state index contributed by atoms with van der Waals surface area (Å²) in [6.07, 6.45) is 1.63. The first kappa shape index (κ1) is 15.2. The van der Waals surface area contributed by atoms with Gasteiger partial charge in [0, 0.05) is 24.4 Å². The Morgan fingerprint density at radius 3 is 2.76 bits per heavy atom. The fraction of sp³-hybridized carbons (Fsp3) is 0.100. The van der Waals surface area contributed by atoms with E-state index in [1.165, 1.54) is 0 Å². The van der Waals surface area contributed by atoms with Crippen molar-refractivity contribution in [2.45, 2.75) is 13.5 Å². The first-order chi connectivity index (χ1) is 12.2. The van der Waals surface area contributed by atoms with E-state index in [1.807, 2.05) is 60.0 Å². The number of pyridine rings is 1. The average molecular weight is 331 g/mol. The summed E-state index contributed by atoms with van der Waals surface area (Å²) >= 11 is 0. The Morgan fingerprint density at radius 2 is 1.96 bits per heavy atom. The SMILES string of the molecule is Cc1cccc(NC(=O)c2cc3occc3n2Cc2ccccc2)n1. The van der Waals surface area contributed by atoms with Crippen LogP contribution in [0.2, 0.25) is 0 Å². The molecule has 3 aromatic heterocycles. The standard InChI is InChI=1S/C20H17N3O2/c1-14-6-5-9-19(21-14)22-20(24)17-12-18-16(10-11-25-18)23(17)13-15-7-3-2-4-8-15/h2-12H,13H2,1H3,(H,21,22,24). The van der Waals surface area contributed by atoms with E-state index in [0.717, 1.165) is 16.8 Å². The highest BCUT2D eigenvalue weighted by molar-refractivity contribution is 6.05. The number of aromatic nitrogens is 2. The number of nitrogens with zero attached hydrogens (tertiary/aromatic N) is 2. The fourth-order valence-electron chi connectivity index (χ4n) is 2.89. The number of fused-ring (bicyclic) bond motifs is 1. The second kappa shape index (κ2) is 6.28. The lowest BCUT2D eigenvalue weighted by atomic mass is 10.2. The van der Waals surface area contributed by atoms with Gasteiger partial charge in [-0.25, -0.2) is 4.98 Å². The summed E-state index contributed by atoms with van der Waals surface area (Å²) in [4.78, 5) is 17.1. The molecule has 0 spiro atoms. The van der Waals surface area contributed by atoms with Gasteiger partial charge in [0.2, 0.25) is 0 Å². The Balaban J connectivity index is 1.70. The summed E-state index contributed by atoms with van der Waals surface area (Å²) in [5, 5.41) is 2.86. The molecule has 0 aliphatic rings. The zero-order valence-electron chi connectivity index (χ0n) is 13.8. The van der Waals surface area contributed by atoms with E-state index in [1.54, 1.807) is 18.4 Å². The molecule has 0 unspecified atom stereocenters. The highest BCUT2D eigenvalue weighted by atomic mass is 16.3. The van der Waals surface area contributed by atoms with Gasteiger partial charge in [0.05, 0.1) is 11.8 Å². The fourth-order valence-corrected chi connectivity index (χ4v) is 2.89. The van der Waals surface area contributed by atoms with E-state index in [2.05, 4.69) is 10.3 Å². The summed E-state index contributed by atoms with van der Waals surface area (Å²) in [5.74, 6) is 0.328. The van der Waals surface area contributed by atoms with Crippen molar-refractivity contribution >= 4 is 22.8 Å². The van der Waals surface area contributed by atoms with Crippen LogP contribution in [0.1, 0.15) is 21.7 Å². The van der Waals surface area contributed by atoms with Gasteiger partial charge in [-0.05, 0) is 24.6 Å². The number of carbonyl (C=O) groups is 1. The molecule has 0 fully saturated rings. The molecule has 1 N–H and O–H groups in total. The van der Waals surface area contributed by atoms with E-state index in [4.69, 9.17) is 4.42 Å². The first-order valence-corrected chi connectivity index (χ1v) is 8.06. The zero-order valence-corrected chi connectivity index (χ0v) is 13.8. The number of hydrogen-bond acceptors (Lipinski definition) is 3. The molecule has 1 amide bonds. The molecule has 4 rings (SSSR count). The molecule has 5 heteroatoms. The molecular weight excluding hydrogens is 314 g/mol. The maximum Gasteiger partial charge on any atom is 0.273 e. The molecule has 0 atom stereocenters. The normalized spacial score (nSPS) is 10.9. The second-order valence-electron chi connectivity index (χ2n) is 5.89. The summed E-state index contributed by atoms with van der Waals surface area (Å²) < 4.78 is 7.44. The average Bonchev–Trinajstić information content (AvgIpc) is 3.18. The monoisotopic (exact) mass is 331 g/mol. The van der Waals surface area contributed by atoms with E-state index >= 15 is 0 Å². The molecule has 5 nitrogen and oxygen atoms in total. The smallest absolute Gasteiger partial charge is 0.273 e. The Labute approximate surface area is 144 Å². The third-order valence-electron chi connectivity index (χ3n) is 4.07. The van der Waals surface area contributed by atoms with E-state index < -0.39 is 0 Å². The number of benzene rings is 1. The van der Waals surface area contributed by atoms with Crippen molar-refractivity contribution in [3.63, 3.8) is 0 Å². The van der Waals surface area contributed by atoms with Crippen molar-refractivity contribution in [2.75, 3.05) is 5.32 Å². The van der Waals surface area contributed by atoms with Crippen molar-refractivity contribution in [1.29, 1.82) is 0 Å². The van der Waals surface area contributed by atoms with E-state index in [-0.39, 0.29) is 5.91 Å². The van der Waals surface area contributed by atoms with Crippen LogP contribution in [0, 0.1) is 6.92 Å². The van der Waals surface area contributed by atoms with Gasteiger partial charge in [-0.1, -0.05) is 36.4 Å². The van der Waals surface area contributed by atoms with E-state index in [0.29, 0.717) is 23.6 Å². The van der Waals surface area contributed by atoms with Crippen LogP contribution in [-0.4, -0.2) is 15.5 Å². The largest absolute Gasteiger partial charge is 0.463 e. The predicted octanol–water partition coefficient (Wildman–Crippen LogP) is 4.24. The summed E-state index contributed by atoms with van der Waals surface area (Å²) in [7, 11) is 0. The maximum atomic E-state index is 12.8. The molecule has 4 aromatic rings. The van der Waals surface area contributed by atoms with Gasteiger partial charge >= 0.3 is 0 Å². The van der Waals surface area contributed by atoms with Crippen molar-refractivity contribution in [2.24, 2.45) is 0 Å². The summed E-state index contributed by atoms with van der Waals surface area (Å²) in [6, 6.07) is 19.2. The molecule has 0 saturated heterocycles. The second-order valence-corrected chi connectivity index (χ2v) is 5.89. The highest BCUT2D eigenvalue weighted by Crippen LogP contribution is 2.23. The maximum absolute atomic E-state index is 12.8. The summed E-state index contributed by atoms with van der Waals surface area (Å²) in [6.45, 7) is 2.48. The van der Waals surface area contributed by atoms with Crippen LogP contribution >= 0.6 is 0 Å². The van der Waals surface area contributed by atoms with Gasteiger partial charge in [0.15, 0.2) is 5.58 Å². The van der Waals surface area contributed by atoms with E-state index in [9.17, 15) is 4.79 Å². The molecule has 0 bridgehead atoms. The van der Waals surface area contributed by atoms with Crippen LogP contribution in [0.5, 0.6) is 0 Å². The molecule has 124 valence electrons. The number of anilines is 1. The number of rotatable bonds is 4. The van der Waals surface area contributed by atoms with Gasteiger partial charge in [0.1, 0.15) is 11.5 Å². The van der Waals surface area contributed by atoms with Crippen molar-refractivity contribution in [1.82, 2.24) is 9.55 Å².